The van der Waals surface area contributed by atoms with Crippen molar-refractivity contribution >= 4 is 29.4 Å². The fourth-order valence-corrected chi connectivity index (χ4v) is 1.74. The Kier molecular flexibility index (Phi) is 12.9. The van der Waals surface area contributed by atoms with E-state index in [1.165, 1.54) is 20.3 Å². The predicted octanol–water partition coefficient (Wildman–Crippen LogP) is 1.23. The molecule has 0 saturated carbocycles. The largest absolute Gasteiger partial charge is 0.469 e. The van der Waals surface area contributed by atoms with Crippen LogP contribution in [0.5, 0.6) is 0 Å². The highest BCUT2D eigenvalue weighted by Crippen LogP contribution is 2.05. The normalized spacial score (nSPS) is 9.43. The van der Waals surface area contributed by atoms with Crippen LogP contribution in [0.25, 0.3) is 6.08 Å². The summed E-state index contributed by atoms with van der Waals surface area (Å²) in [5, 5.41) is 7.00. The second-order valence-corrected chi connectivity index (χ2v) is 5.03. The zero-order valence-electron chi connectivity index (χ0n) is 16.2. The first kappa shape index (κ1) is 24.5. The Labute approximate surface area is 164 Å². The van der Waals surface area contributed by atoms with Crippen LogP contribution in [0.4, 0.5) is 11.4 Å². The first-order valence-electron chi connectivity index (χ1n) is 8.14. The van der Waals surface area contributed by atoms with Gasteiger partial charge in [-0.3, -0.25) is 14.8 Å². The molecule has 2 aromatic heterocycles. The average Bonchev–Trinajstić information content (AvgIpc) is 2.72. The van der Waals surface area contributed by atoms with Crippen molar-refractivity contribution in [3.8, 4) is 0 Å². The van der Waals surface area contributed by atoms with Crippen LogP contribution in [-0.2, 0) is 25.5 Å². The van der Waals surface area contributed by atoms with Crippen molar-refractivity contribution < 1.29 is 24.2 Å². The SMILES string of the molecule is CO.COC(=O)/C=C/c1cc(N)ccn1.COC(=O)CCc1cc(N)ccn1. The molecule has 0 aliphatic rings. The molecule has 2 heterocycles. The number of nitrogen functional groups attached to an aromatic ring is 2. The second-order valence-electron chi connectivity index (χ2n) is 5.03. The number of aromatic nitrogens is 2. The topological polar surface area (TPSA) is 151 Å². The summed E-state index contributed by atoms with van der Waals surface area (Å²) in [6, 6.07) is 6.81. The lowest BCUT2D eigenvalue weighted by Crippen LogP contribution is -2.03. The van der Waals surface area contributed by atoms with Crippen molar-refractivity contribution in [1.82, 2.24) is 9.97 Å². The van der Waals surface area contributed by atoms with Gasteiger partial charge in [0.15, 0.2) is 0 Å². The van der Waals surface area contributed by atoms with E-state index in [1.807, 2.05) is 0 Å². The number of carbonyl (C=O) groups excluding carboxylic acids is 2. The van der Waals surface area contributed by atoms with E-state index in [4.69, 9.17) is 16.6 Å². The number of nitrogens with two attached hydrogens (primary N) is 2. The molecule has 2 rings (SSSR count). The molecule has 0 atom stereocenters. The lowest BCUT2D eigenvalue weighted by Gasteiger charge is -2.00. The maximum atomic E-state index is 10.8. The summed E-state index contributed by atoms with van der Waals surface area (Å²) in [5.41, 5.74) is 13.8. The fraction of sp³-hybridized carbons (Fsp3) is 0.263. The molecule has 2 aromatic rings. The third kappa shape index (κ3) is 11.2. The van der Waals surface area contributed by atoms with Crippen LogP contribution >= 0.6 is 0 Å². The molecule has 28 heavy (non-hydrogen) atoms. The van der Waals surface area contributed by atoms with Gasteiger partial charge in [0.1, 0.15) is 0 Å². The van der Waals surface area contributed by atoms with Gasteiger partial charge in [-0.15, -0.1) is 0 Å². The van der Waals surface area contributed by atoms with Crippen molar-refractivity contribution in [2.24, 2.45) is 0 Å². The summed E-state index contributed by atoms with van der Waals surface area (Å²) >= 11 is 0. The third-order valence-electron chi connectivity index (χ3n) is 3.05. The molecule has 152 valence electrons. The number of anilines is 2. The van der Waals surface area contributed by atoms with Gasteiger partial charge in [0.25, 0.3) is 0 Å². The highest BCUT2D eigenvalue weighted by Gasteiger charge is 2.02. The Morgan fingerprint density at radius 2 is 1.64 bits per heavy atom. The Bertz CT molecular complexity index is 765. The first-order chi connectivity index (χ1) is 13.4. The quantitative estimate of drug-likeness (QED) is 0.505. The number of aliphatic hydroxyl groups excluding tert-OH is 1. The average molecular weight is 390 g/mol. The van der Waals surface area contributed by atoms with Crippen LogP contribution < -0.4 is 11.5 Å². The lowest BCUT2D eigenvalue weighted by molar-refractivity contribution is -0.140. The van der Waals surface area contributed by atoms with Gasteiger partial charge in [0, 0.05) is 49.1 Å². The summed E-state index contributed by atoms with van der Waals surface area (Å²) in [4.78, 5) is 29.5. The van der Waals surface area contributed by atoms with E-state index in [1.54, 1.807) is 42.7 Å². The Morgan fingerprint density at radius 3 is 2.18 bits per heavy atom. The molecule has 0 fully saturated rings. The van der Waals surface area contributed by atoms with Crippen molar-refractivity contribution in [3.05, 3.63) is 54.1 Å². The number of nitrogens with zero attached hydrogens (tertiary/aromatic N) is 2. The Morgan fingerprint density at radius 1 is 1.04 bits per heavy atom. The summed E-state index contributed by atoms with van der Waals surface area (Å²) < 4.78 is 8.92. The summed E-state index contributed by atoms with van der Waals surface area (Å²) in [7, 11) is 3.69. The van der Waals surface area contributed by atoms with Gasteiger partial charge >= 0.3 is 11.9 Å². The van der Waals surface area contributed by atoms with Crippen molar-refractivity contribution in [1.29, 1.82) is 0 Å². The predicted molar refractivity (Wildman–Crippen MR) is 107 cm³/mol. The molecule has 5 N–H and O–H groups in total. The van der Waals surface area contributed by atoms with E-state index >= 15 is 0 Å². The second kappa shape index (κ2) is 14.7. The highest BCUT2D eigenvalue weighted by atomic mass is 16.5. The van der Waals surface area contributed by atoms with Crippen molar-refractivity contribution in [2.45, 2.75) is 12.8 Å². The van der Waals surface area contributed by atoms with E-state index < -0.39 is 5.97 Å². The molecular formula is C19H26N4O5. The standard InChI is InChI=1S/C9H12N2O2.C9H10N2O2.CH4O/c2*1-13-9(12)3-2-8-6-7(10)4-5-11-8;1-2/h4-6H,2-3H2,1H3,(H2,10,11);2-6H,1H3,(H2,10,11);2H,1H3/b;3-2+;. The smallest absolute Gasteiger partial charge is 0.330 e. The number of aryl methyl sites for hydroxylation is 1. The van der Waals surface area contributed by atoms with Crippen LogP contribution in [0.15, 0.2) is 42.7 Å². The monoisotopic (exact) mass is 390 g/mol. The van der Waals surface area contributed by atoms with Crippen molar-refractivity contribution in [3.63, 3.8) is 0 Å². The number of pyridine rings is 2. The van der Waals surface area contributed by atoms with Gasteiger partial charge in [0.2, 0.25) is 0 Å². The minimum absolute atomic E-state index is 0.232. The van der Waals surface area contributed by atoms with Gasteiger partial charge in [0.05, 0.1) is 26.3 Å². The summed E-state index contributed by atoms with van der Waals surface area (Å²) in [6.07, 6.45) is 6.95. The minimum atomic E-state index is -0.413. The van der Waals surface area contributed by atoms with Crippen LogP contribution in [-0.4, -0.2) is 48.3 Å². The van der Waals surface area contributed by atoms with E-state index in [9.17, 15) is 9.59 Å². The number of carbonyl (C=O) groups is 2. The molecule has 0 aliphatic heterocycles. The maximum Gasteiger partial charge on any atom is 0.330 e. The number of hydrogen-bond donors (Lipinski definition) is 3. The molecular weight excluding hydrogens is 364 g/mol. The van der Waals surface area contributed by atoms with E-state index in [0.717, 1.165) is 12.8 Å². The molecule has 0 spiro atoms. The van der Waals surface area contributed by atoms with E-state index in [2.05, 4.69) is 19.4 Å². The lowest BCUT2D eigenvalue weighted by atomic mass is 10.2. The number of ether oxygens (including phenoxy) is 2. The summed E-state index contributed by atoms with van der Waals surface area (Å²) in [5.74, 6) is -0.645. The van der Waals surface area contributed by atoms with Crippen molar-refractivity contribution in [2.75, 3.05) is 32.8 Å². The van der Waals surface area contributed by atoms with Crippen LogP contribution in [0.1, 0.15) is 17.8 Å². The number of rotatable bonds is 5. The molecule has 0 radical (unpaired) electrons. The molecule has 0 amide bonds. The molecule has 0 aliphatic carbocycles. The van der Waals surface area contributed by atoms with Crippen LogP contribution in [0, 0.1) is 0 Å². The van der Waals surface area contributed by atoms with E-state index in [-0.39, 0.29) is 5.97 Å². The molecule has 0 saturated heterocycles. The molecule has 9 heteroatoms. The van der Waals surface area contributed by atoms with Gasteiger partial charge < -0.3 is 26.0 Å². The van der Waals surface area contributed by atoms with E-state index in [0.29, 0.717) is 29.9 Å². The zero-order valence-corrected chi connectivity index (χ0v) is 16.2. The van der Waals surface area contributed by atoms with Gasteiger partial charge in [-0.1, -0.05) is 0 Å². The number of hydrogen-bond acceptors (Lipinski definition) is 9. The Hall–Kier alpha value is -3.46. The molecule has 0 unspecified atom stereocenters. The fourth-order valence-electron chi connectivity index (χ4n) is 1.74. The first-order valence-corrected chi connectivity index (χ1v) is 8.14. The number of aliphatic hydroxyl groups is 1. The van der Waals surface area contributed by atoms with Crippen LogP contribution in [0.3, 0.4) is 0 Å². The molecule has 9 nitrogen and oxygen atoms in total. The van der Waals surface area contributed by atoms with Gasteiger partial charge in [-0.2, -0.15) is 0 Å². The maximum absolute atomic E-state index is 10.8. The zero-order chi connectivity index (χ0) is 21.4. The third-order valence-corrected chi connectivity index (χ3v) is 3.05. The van der Waals surface area contributed by atoms with Crippen LogP contribution in [0.2, 0.25) is 0 Å². The highest BCUT2D eigenvalue weighted by molar-refractivity contribution is 5.86. The Balaban J connectivity index is 0.000000478. The van der Waals surface area contributed by atoms with Gasteiger partial charge in [-0.05, 0) is 30.3 Å². The molecule has 0 aromatic carbocycles. The van der Waals surface area contributed by atoms with Gasteiger partial charge in [-0.25, -0.2) is 4.79 Å². The minimum Gasteiger partial charge on any atom is -0.469 e. The number of methoxy groups -OCH3 is 2. The number of esters is 2. The molecule has 0 bridgehead atoms. The summed E-state index contributed by atoms with van der Waals surface area (Å²) in [6.45, 7) is 0.